The maximum Gasteiger partial charge on any atom is 0.0943 e. The number of aryl methyl sites for hydroxylation is 1. The summed E-state index contributed by atoms with van der Waals surface area (Å²) >= 11 is 0. The molecule has 0 aliphatic heterocycles. The van der Waals surface area contributed by atoms with Crippen molar-refractivity contribution in [2.75, 3.05) is 0 Å². The minimum Gasteiger partial charge on any atom is -0.346 e. The first-order chi connectivity index (χ1) is 3.89. The number of hydrogen-bond acceptors (Lipinski definition) is 1. The van der Waals surface area contributed by atoms with Crippen LogP contribution in [0.4, 0.5) is 0 Å². The Hall–Kier alpha value is -0.167. The van der Waals surface area contributed by atoms with Crippen molar-refractivity contribution >= 4 is 0 Å². The van der Waals surface area contributed by atoms with Crippen molar-refractivity contribution in [3.63, 3.8) is 0 Å². The molecule has 0 bridgehead atoms. The van der Waals surface area contributed by atoms with Gasteiger partial charge in [-0.3, -0.25) is 0 Å². The van der Waals surface area contributed by atoms with Crippen molar-refractivity contribution in [3.8, 4) is 0 Å². The molecule has 1 rings (SSSR count). The van der Waals surface area contributed by atoms with Crippen LogP contribution in [-0.2, 0) is 26.5 Å². The largest absolute Gasteiger partial charge is 0.346 e. The van der Waals surface area contributed by atoms with Gasteiger partial charge < -0.3 is 11.5 Å². The smallest absolute Gasteiger partial charge is 0.0943 e. The molecular weight excluding hydrogens is 165 g/mol. The van der Waals surface area contributed by atoms with Crippen LogP contribution in [0.2, 0.25) is 0 Å². The molecule has 0 aromatic carbocycles. The van der Waals surface area contributed by atoms with Crippen LogP contribution < -0.4 is 0 Å². The molecule has 0 aliphatic rings. The predicted molar refractivity (Wildman–Crippen MR) is 34.2 cm³/mol. The van der Waals surface area contributed by atoms with Gasteiger partial charge in [-0.05, 0) is 0 Å². The van der Waals surface area contributed by atoms with Crippen molar-refractivity contribution in [2.45, 2.75) is 6.92 Å². The molecule has 0 fully saturated rings. The van der Waals surface area contributed by atoms with Gasteiger partial charge in [0.2, 0.25) is 0 Å². The SMILES string of the molecule is Cn1ccnc1.[CH2-]C.[Zn]. The first kappa shape index (κ1) is 11.6. The van der Waals surface area contributed by atoms with Crippen LogP contribution in [0.1, 0.15) is 6.92 Å². The quantitative estimate of drug-likeness (QED) is 0.430. The summed E-state index contributed by atoms with van der Waals surface area (Å²) in [4.78, 5) is 3.78. The number of aromatic nitrogens is 2. The third-order valence-electron chi connectivity index (χ3n) is 0.637. The van der Waals surface area contributed by atoms with Gasteiger partial charge in [0, 0.05) is 38.9 Å². The molecule has 0 spiro atoms. The van der Waals surface area contributed by atoms with Gasteiger partial charge in [0.1, 0.15) is 0 Å². The van der Waals surface area contributed by atoms with E-state index in [0.717, 1.165) is 0 Å². The number of hydrogen-bond donors (Lipinski definition) is 0. The van der Waals surface area contributed by atoms with Crippen molar-refractivity contribution < 1.29 is 19.5 Å². The van der Waals surface area contributed by atoms with E-state index in [1.54, 1.807) is 19.4 Å². The van der Waals surface area contributed by atoms with E-state index in [9.17, 15) is 0 Å². The third kappa shape index (κ3) is 5.71. The van der Waals surface area contributed by atoms with E-state index in [4.69, 9.17) is 0 Å². The van der Waals surface area contributed by atoms with Crippen molar-refractivity contribution in [1.82, 2.24) is 9.55 Å². The number of nitrogens with zero attached hydrogens (tertiary/aromatic N) is 2. The van der Waals surface area contributed by atoms with Gasteiger partial charge in [0.25, 0.3) is 0 Å². The Morgan fingerprint density at radius 2 is 2.00 bits per heavy atom. The summed E-state index contributed by atoms with van der Waals surface area (Å²) in [5.74, 6) is 0. The topological polar surface area (TPSA) is 17.8 Å². The fraction of sp³-hybridized carbons (Fsp3) is 0.333. The molecule has 0 N–H and O–H groups in total. The van der Waals surface area contributed by atoms with Crippen LogP contribution in [0, 0.1) is 6.92 Å². The summed E-state index contributed by atoms with van der Waals surface area (Å²) in [6.07, 6.45) is 5.39. The zero-order chi connectivity index (χ0) is 6.41. The Labute approximate surface area is 69.1 Å². The number of imidazole rings is 1. The van der Waals surface area contributed by atoms with E-state index >= 15 is 0 Å². The Morgan fingerprint density at radius 1 is 1.44 bits per heavy atom. The summed E-state index contributed by atoms with van der Waals surface area (Å²) < 4.78 is 1.89. The second kappa shape index (κ2) is 7.83. The fourth-order valence-electron chi connectivity index (χ4n) is 0.326. The Kier molecular flexibility index (Phi) is 10.1. The van der Waals surface area contributed by atoms with Crippen LogP contribution in [-0.4, -0.2) is 9.55 Å². The first-order valence-electron chi connectivity index (χ1n) is 2.52. The molecular formula is C6H11N2Zn-. The van der Waals surface area contributed by atoms with Gasteiger partial charge in [-0.25, -0.2) is 4.98 Å². The molecule has 9 heavy (non-hydrogen) atoms. The summed E-state index contributed by atoms with van der Waals surface area (Å²) in [5.41, 5.74) is 0. The second-order valence-corrected chi connectivity index (χ2v) is 1.23. The molecule has 1 heterocycles. The summed E-state index contributed by atoms with van der Waals surface area (Å²) in [6, 6.07) is 0. The Morgan fingerprint density at radius 3 is 2.11 bits per heavy atom. The first-order valence-corrected chi connectivity index (χ1v) is 2.52. The minimum absolute atomic E-state index is 0. The van der Waals surface area contributed by atoms with E-state index in [2.05, 4.69) is 11.9 Å². The van der Waals surface area contributed by atoms with E-state index in [1.165, 1.54) is 0 Å². The second-order valence-electron chi connectivity index (χ2n) is 1.23. The van der Waals surface area contributed by atoms with Gasteiger partial charge >= 0.3 is 0 Å². The summed E-state index contributed by atoms with van der Waals surface area (Å²) in [5, 5.41) is 0. The molecule has 0 aliphatic carbocycles. The fourth-order valence-corrected chi connectivity index (χ4v) is 0.326. The maximum absolute atomic E-state index is 3.78. The molecule has 0 saturated heterocycles. The standard InChI is InChI=1S/C4H6N2.C2H5.Zn/c1-6-3-2-5-4-6;1-2;/h2-4H,1H3;1H2,2H3;/q;-1;. The molecule has 3 heteroatoms. The summed E-state index contributed by atoms with van der Waals surface area (Å²) in [6.45, 7) is 5.00. The van der Waals surface area contributed by atoms with Crippen LogP contribution in [0.25, 0.3) is 0 Å². The number of rotatable bonds is 0. The van der Waals surface area contributed by atoms with Crippen molar-refractivity contribution in [3.05, 3.63) is 25.6 Å². The molecule has 1 aromatic heterocycles. The van der Waals surface area contributed by atoms with Crippen LogP contribution in [0.5, 0.6) is 0 Å². The van der Waals surface area contributed by atoms with E-state index in [0.29, 0.717) is 0 Å². The molecule has 0 radical (unpaired) electrons. The Bertz CT molecular complexity index is 115. The Balaban J connectivity index is 0. The maximum atomic E-state index is 3.78. The van der Waals surface area contributed by atoms with E-state index < -0.39 is 0 Å². The molecule has 1 aromatic rings. The average Bonchev–Trinajstić information content (AvgIpc) is 2.24. The minimum atomic E-state index is 0. The van der Waals surface area contributed by atoms with E-state index in [1.807, 2.05) is 17.8 Å². The van der Waals surface area contributed by atoms with Crippen molar-refractivity contribution in [1.29, 1.82) is 0 Å². The molecule has 0 saturated carbocycles. The molecule has 48 valence electrons. The zero-order valence-electron chi connectivity index (χ0n) is 6.04. The van der Waals surface area contributed by atoms with Gasteiger partial charge in [-0.15, -0.1) is 0 Å². The van der Waals surface area contributed by atoms with Crippen LogP contribution in [0.15, 0.2) is 18.7 Å². The molecule has 0 unspecified atom stereocenters. The normalized spacial score (nSPS) is 6.56. The molecule has 0 amide bonds. The van der Waals surface area contributed by atoms with Crippen molar-refractivity contribution in [2.24, 2.45) is 7.05 Å². The molecule has 2 nitrogen and oxygen atoms in total. The van der Waals surface area contributed by atoms with Gasteiger partial charge in [-0.1, -0.05) is 0 Å². The van der Waals surface area contributed by atoms with Gasteiger partial charge in [0.05, 0.1) is 6.33 Å². The molecule has 0 atom stereocenters. The summed E-state index contributed by atoms with van der Waals surface area (Å²) in [7, 11) is 1.94. The van der Waals surface area contributed by atoms with Gasteiger partial charge in [-0.2, -0.15) is 6.92 Å². The van der Waals surface area contributed by atoms with Gasteiger partial charge in [0.15, 0.2) is 0 Å². The van der Waals surface area contributed by atoms with E-state index in [-0.39, 0.29) is 19.5 Å². The zero-order valence-corrected chi connectivity index (χ0v) is 9.01. The average molecular weight is 177 g/mol. The monoisotopic (exact) mass is 175 g/mol. The predicted octanol–water partition coefficient (Wildman–Crippen LogP) is 1.26. The third-order valence-corrected chi connectivity index (χ3v) is 0.637. The van der Waals surface area contributed by atoms with Crippen LogP contribution >= 0.6 is 0 Å². The van der Waals surface area contributed by atoms with Crippen LogP contribution in [0.3, 0.4) is 0 Å².